The third-order valence-electron chi connectivity index (χ3n) is 4.72. The maximum atomic E-state index is 12.7. The summed E-state index contributed by atoms with van der Waals surface area (Å²) in [6, 6.07) is 14.6. The third-order valence-corrected chi connectivity index (χ3v) is 4.72. The lowest BCUT2D eigenvalue weighted by atomic mass is 10.0. The molecule has 3 atom stereocenters. The van der Waals surface area contributed by atoms with Crippen molar-refractivity contribution in [1.29, 1.82) is 0 Å². The minimum atomic E-state index is -1.55. The van der Waals surface area contributed by atoms with Gasteiger partial charge in [-0.3, -0.25) is 9.59 Å². The summed E-state index contributed by atoms with van der Waals surface area (Å²) >= 11 is 0. The first-order valence-corrected chi connectivity index (χ1v) is 10.1. The molecule has 2 aromatic rings. The first-order valence-electron chi connectivity index (χ1n) is 10.1. The zero-order valence-electron chi connectivity index (χ0n) is 18.0. The Morgan fingerprint density at radius 3 is 1.97 bits per heavy atom. The Hall–Kier alpha value is -3.92. The van der Waals surface area contributed by atoms with E-state index in [-0.39, 0.29) is 13.0 Å². The fourth-order valence-corrected chi connectivity index (χ4v) is 3.04. The minimum Gasteiger partial charge on any atom is -0.481 e. The number of carbonyl (C=O) groups is 4. The molecule has 1 unspecified atom stereocenters. The number of hydrogen-bond acceptors (Lipinski definition) is 6. The summed E-state index contributed by atoms with van der Waals surface area (Å²) < 4.78 is 10.3. The van der Waals surface area contributed by atoms with Crippen LogP contribution in [0.15, 0.2) is 60.7 Å². The van der Waals surface area contributed by atoms with Gasteiger partial charge in [0, 0.05) is 13.5 Å². The van der Waals surface area contributed by atoms with Gasteiger partial charge >= 0.3 is 18.0 Å². The highest BCUT2D eigenvalue weighted by Crippen LogP contribution is 2.10. The largest absolute Gasteiger partial charge is 0.481 e. The number of rotatable bonds is 12. The molecule has 0 spiro atoms. The van der Waals surface area contributed by atoms with Crippen molar-refractivity contribution in [1.82, 2.24) is 10.6 Å². The molecule has 0 bridgehead atoms. The SMILES string of the molecule is COC(Cc1ccccc1)[C@H](NC(=O)[C@H](CC(=O)O)NC(=O)OCc1ccccc1)C(=O)O. The molecule has 2 rings (SSSR count). The summed E-state index contributed by atoms with van der Waals surface area (Å²) in [6.45, 7) is -0.0886. The van der Waals surface area contributed by atoms with E-state index in [1.807, 2.05) is 0 Å². The molecule has 0 radical (unpaired) electrons. The molecular formula is C23H26N2O8. The van der Waals surface area contributed by atoms with Crippen LogP contribution in [-0.2, 0) is 36.9 Å². The Labute approximate surface area is 190 Å². The standard InChI is InChI=1S/C23H26N2O8/c1-32-18(12-15-8-4-2-5-9-15)20(22(29)30)25-21(28)17(13-19(26)27)24-23(31)33-14-16-10-6-3-7-11-16/h2-11,17-18,20H,12-14H2,1H3,(H,24,31)(H,25,28)(H,26,27)(H,29,30)/t17-,18?,20-/m0/s1. The zero-order chi connectivity index (χ0) is 24.2. The quantitative estimate of drug-likeness (QED) is 0.374. The van der Waals surface area contributed by atoms with Crippen molar-refractivity contribution in [2.45, 2.75) is 37.6 Å². The average Bonchev–Trinajstić information content (AvgIpc) is 2.80. The predicted octanol–water partition coefficient (Wildman–Crippen LogP) is 1.58. The number of amides is 2. The van der Waals surface area contributed by atoms with Crippen LogP contribution in [0.1, 0.15) is 17.5 Å². The van der Waals surface area contributed by atoms with Crippen LogP contribution in [0.3, 0.4) is 0 Å². The van der Waals surface area contributed by atoms with Crippen molar-refractivity contribution >= 4 is 23.9 Å². The topological polar surface area (TPSA) is 151 Å². The molecule has 0 saturated carbocycles. The number of carboxylic acid groups (broad SMARTS) is 2. The maximum Gasteiger partial charge on any atom is 0.408 e. The molecule has 10 nitrogen and oxygen atoms in total. The molecular weight excluding hydrogens is 432 g/mol. The molecule has 0 aliphatic heterocycles. The van der Waals surface area contributed by atoms with E-state index in [1.54, 1.807) is 60.7 Å². The Kier molecular flexibility index (Phi) is 9.84. The first-order chi connectivity index (χ1) is 15.8. The van der Waals surface area contributed by atoms with Gasteiger partial charge in [0.15, 0.2) is 6.04 Å². The normalized spacial score (nSPS) is 13.2. The number of benzene rings is 2. The fourth-order valence-electron chi connectivity index (χ4n) is 3.04. The molecule has 2 amide bonds. The van der Waals surface area contributed by atoms with Gasteiger partial charge in [-0.05, 0) is 11.1 Å². The molecule has 0 aliphatic carbocycles. The summed E-state index contributed by atoms with van der Waals surface area (Å²) in [4.78, 5) is 47.9. The van der Waals surface area contributed by atoms with Gasteiger partial charge in [-0.15, -0.1) is 0 Å². The second-order valence-electron chi connectivity index (χ2n) is 7.14. The van der Waals surface area contributed by atoms with Crippen LogP contribution < -0.4 is 10.6 Å². The van der Waals surface area contributed by atoms with Crippen LogP contribution >= 0.6 is 0 Å². The summed E-state index contributed by atoms with van der Waals surface area (Å²) in [6.07, 6.45) is -2.54. The Balaban J connectivity index is 2.05. The average molecular weight is 458 g/mol. The fraction of sp³-hybridized carbons (Fsp3) is 0.304. The van der Waals surface area contributed by atoms with Crippen molar-refractivity contribution in [3.05, 3.63) is 71.8 Å². The smallest absolute Gasteiger partial charge is 0.408 e. The van der Waals surface area contributed by atoms with E-state index in [9.17, 15) is 24.3 Å². The highest BCUT2D eigenvalue weighted by atomic mass is 16.5. The Morgan fingerprint density at radius 2 is 1.45 bits per heavy atom. The van der Waals surface area contributed by atoms with Crippen molar-refractivity contribution in [3.63, 3.8) is 0 Å². The number of ether oxygens (including phenoxy) is 2. The molecule has 10 heteroatoms. The minimum absolute atomic E-state index is 0.0886. The Bertz CT molecular complexity index is 936. The molecule has 0 fully saturated rings. The first kappa shape index (κ1) is 25.3. The van der Waals surface area contributed by atoms with E-state index < -0.39 is 48.5 Å². The molecule has 33 heavy (non-hydrogen) atoms. The van der Waals surface area contributed by atoms with Gasteiger partial charge in [-0.2, -0.15) is 0 Å². The molecule has 176 valence electrons. The van der Waals surface area contributed by atoms with Crippen LogP contribution in [0, 0.1) is 0 Å². The lowest BCUT2D eigenvalue weighted by Crippen LogP contribution is -2.56. The van der Waals surface area contributed by atoms with E-state index in [1.165, 1.54) is 7.11 Å². The van der Waals surface area contributed by atoms with Gasteiger partial charge in [0.1, 0.15) is 12.6 Å². The third kappa shape index (κ3) is 8.62. The predicted molar refractivity (Wildman–Crippen MR) is 116 cm³/mol. The summed E-state index contributed by atoms with van der Waals surface area (Å²) in [7, 11) is 1.31. The van der Waals surface area contributed by atoms with E-state index in [4.69, 9.17) is 14.6 Å². The van der Waals surface area contributed by atoms with Crippen molar-refractivity contribution < 1.29 is 38.9 Å². The molecule has 4 N–H and O–H groups in total. The van der Waals surface area contributed by atoms with Crippen molar-refractivity contribution in [3.8, 4) is 0 Å². The van der Waals surface area contributed by atoms with Crippen molar-refractivity contribution in [2.75, 3.05) is 7.11 Å². The number of hydrogen-bond donors (Lipinski definition) is 4. The molecule has 0 aromatic heterocycles. The van der Waals surface area contributed by atoms with E-state index >= 15 is 0 Å². The number of nitrogens with one attached hydrogen (secondary N) is 2. The maximum absolute atomic E-state index is 12.7. The van der Waals surface area contributed by atoms with Gasteiger partial charge < -0.3 is 30.3 Å². The number of carbonyl (C=O) groups excluding carboxylic acids is 2. The van der Waals surface area contributed by atoms with Gasteiger partial charge in [0.25, 0.3) is 0 Å². The highest BCUT2D eigenvalue weighted by molar-refractivity contribution is 5.92. The second-order valence-corrected chi connectivity index (χ2v) is 7.14. The number of alkyl carbamates (subject to hydrolysis) is 1. The summed E-state index contributed by atoms with van der Waals surface area (Å²) in [5.74, 6) is -3.72. The van der Waals surface area contributed by atoms with Crippen LogP contribution in [-0.4, -0.2) is 59.4 Å². The highest BCUT2D eigenvalue weighted by Gasteiger charge is 2.33. The van der Waals surface area contributed by atoms with E-state index in [2.05, 4.69) is 10.6 Å². The van der Waals surface area contributed by atoms with Crippen molar-refractivity contribution in [2.24, 2.45) is 0 Å². The van der Waals surface area contributed by atoms with Gasteiger partial charge in [0.05, 0.1) is 12.5 Å². The van der Waals surface area contributed by atoms with Gasteiger partial charge in [-0.1, -0.05) is 60.7 Å². The monoisotopic (exact) mass is 458 g/mol. The second kappa shape index (κ2) is 12.8. The lowest BCUT2D eigenvalue weighted by Gasteiger charge is -2.26. The number of methoxy groups -OCH3 is 1. The van der Waals surface area contributed by atoms with E-state index in [0.29, 0.717) is 5.56 Å². The molecule has 0 saturated heterocycles. The van der Waals surface area contributed by atoms with Gasteiger partial charge in [-0.25, -0.2) is 9.59 Å². The summed E-state index contributed by atoms with van der Waals surface area (Å²) in [5, 5.41) is 23.2. The van der Waals surface area contributed by atoms with Crippen LogP contribution in [0.4, 0.5) is 4.79 Å². The molecule has 2 aromatic carbocycles. The lowest BCUT2D eigenvalue weighted by molar-refractivity contribution is -0.146. The Morgan fingerprint density at radius 1 is 0.879 bits per heavy atom. The van der Waals surface area contributed by atoms with Gasteiger partial charge in [0.2, 0.25) is 5.91 Å². The zero-order valence-corrected chi connectivity index (χ0v) is 18.0. The van der Waals surface area contributed by atoms with Crippen LogP contribution in [0.2, 0.25) is 0 Å². The number of aliphatic carboxylic acids is 2. The number of carboxylic acids is 2. The van der Waals surface area contributed by atoms with Crippen LogP contribution in [0.5, 0.6) is 0 Å². The van der Waals surface area contributed by atoms with E-state index in [0.717, 1.165) is 5.56 Å². The summed E-state index contributed by atoms with van der Waals surface area (Å²) in [5.41, 5.74) is 1.48. The van der Waals surface area contributed by atoms with Crippen LogP contribution in [0.25, 0.3) is 0 Å². The molecule has 0 aliphatic rings. The molecule has 0 heterocycles.